The number of aromatic nitrogens is 2. The average molecular weight is 301 g/mol. The summed E-state index contributed by atoms with van der Waals surface area (Å²) in [5, 5.41) is 4.95. The zero-order chi connectivity index (χ0) is 14.9. The molecule has 0 atom stereocenters. The number of hydrogen-bond donors (Lipinski definition) is 1. The van der Waals surface area contributed by atoms with Gasteiger partial charge in [0.15, 0.2) is 0 Å². The second-order valence-electron chi connectivity index (χ2n) is 4.37. The number of benzene rings is 1. The van der Waals surface area contributed by atoms with E-state index in [2.05, 4.69) is 5.10 Å². The first-order valence-electron chi connectivity index (χ1n) is 5.90. The van der Waals surface area contributed by atoms with Crippen molar-refractivity contribution in [3.8, 4) is 0 Å². The number of halogens is 3. The summed E-state index contributed by atoms with van der Waals surface area (Å²) in [6.07, 6.45) is -4.40. The van der Waals surface area contributed by atoms with Crippen molar-refractivity contribution in [1.29, 1.82) is 0 Å². The van der Waals surface area contributed by atoms with Crippen molar-refractivity contribution in [3.05, 3.63) is 41.1 Å². The highest BCUT2D eigenvalue weighted by Crippen LogP contribution is 2.36. The average Bonchev–Trinajstić information content (AvgIpc) is 2.66. The molecule has 1 heterocycles. The van der Waals surface area contributed by atoms with Gasteiger partial charge in [0.1, 0.15) is 0 Å². The van der Waals surface area contributed by atoms with Gasteiger partial charge in [-0.3, -0.25) is 4.68 Å². The van der Waals surface area contributed by atoms with Gasteiger partial charge in [-0.1, -0.05) is 17.8 Å². The Kier molecular flexibility index (Phi) is 4.10. The molecule has 1 aromatic heterocycles. The molecule has 0 saturated carbocycles. The lowest BCUT2D eigenvalue weighted by Crippen LogP contribution is -2.12. The molecule has 7 heteroatoms. The molecule has 0 aliphatic heterocycles. The van der Waals surface area contributed by atoms with Crippen molar-refractivity contribution in [2.45, 2.75) is 29.6 Å². The van der Waals surface area contributed by atoms with E-state index in [-0.39, 0.29) is 12.1 Å². The molecule has 0 aliphatic carbocycles. The molecule has 0 saturated heterocycles. The van der Waals surface area contributed by atoms with E-state index in [4.69, 9.17) is 5.73 Å². The normalized spacial score (nSPS) is 11.9. The number of nitrogens with zero attached hydrogens (tertiary/aromatic N) is 2. The van der Waals surface area contributed by atoms with Gasteiger partial charge >= 0.3 is 6.18 Å². The Balaban J connectivity index is 2.36. The summed E-state index contributed by atoms with van der Waals surface area (Å²) in [5.41, 5.74) is 5.60. The van der Waals surface area contributed by atoms with Gasteiger partial charge in [-0.15, -0.1) is 0 Å². The second kappa shape index (κ2) is 5.49. The SMILES string of the molecule is Cc1cc(Sc2ccc(CN)c(C(F)(F)F)c2)n(C)n1. The third-order valence-electron chi connectivity index (χ3n) is 2.79. The molecule has 2 aromatic rings. The Morgan fingerprint density at radius 1 is 1.30 bits per heavy atom. The molecule has 1 aromatic carbocycles. The zero-order valence-corrected chi connectivity index (χ0v) is 11.8. The van der Waals surface area contributed by atoms with Gasteiger partial charge in [-0.25, -0.2) is 0 Å². The largest absolute Gasteiger partial charge is 0.416 e. The predicted octanol–water partition coefficient (Wildman–Crippen LogP) is 3.36. The highest BCUT2D eigenvalue weighted by molar-refractivity contribution is 7.99. The lowest BCUT2D eigenvalue weighted by Gasteiger charge is -2.13. The van der Waals surface area contributed by atoms with Crippen molar-refractivity contribution in [2.24, 2.45) is 12.8 Å². The van der Waals surface area contributed by atoms with E-state index in [9.17, 15) is 13.2 Å². The van der Waals surface area contributed by atoms with Crippen molar-refractivity contribution < 1.29 is 13.2 Å². The van der Waals surface area contributed by atoms with Crippen LogP contribution >= 0.6 is 11.8 Å². The van der Waals surface area contributed by atoms with Crippen LogP contribution in [-0.4, -0.2) is 9.78 Å². The van der Waals surface area contributed by atoms with Gasteiger partial charge < -0.3 is 5.73 Å². The summed E-state index contributed by atoms with van der Waals surface area (Å²) in [7, 11) is 1.76. The van der Waals surface area contributed by atoms with Crippen LogP contribution in [0.2, 0.25) is 0 Å². The maximum atomic E-state index is 13.0. The third kappa shape index (κ3) is 3.16. The van der Waals surface area contributed by atoms with Crippen LogP contribution < -0.4 is 5.73 Å². The van der Waals surface area contributed by atoms with Crippen molar-refractivity contribution in [1.82, 2.24) is 9.78 Å². The topological polar surface area (TPSA) is 43.8 Å². The number of hydrogen-bond acceptors (Lipinski definition) is 3. The van der Waals surface area contributed by atoms with Crippen LogP contribution in [0.25, 0.3) is 0 Å². The molecule has 0 fully saturated rings. The quantitative estimate of drug-likeness (QED) is 0.945. The first kappa shape index (κ1) is 14.9. The second-order valence-corrected chi connectivity index (χ2v) is 5.46. The van der Waals surface area contributed by atoms with Gasteiger partial charge in [-0.2, -0.15) is 18.3 Å². The number of aryl methyl sites for hydroxylation is 2. The fourth-order valence-corrected chi connectivity index (χ4v) is 2.82. The highest BCUT2D eigenvalue weighted by Gasteiger charge is 2.33. The van der Waals surface area contributed by atoms with Gasteiger partial charge in [0.25, 0.3) is 0 Å². The molecular weight excluding hydrogens is 287 g/mol. The number of rotatable bonds is 3. The van der Waals surface area contributed by atoms with Crippen LogP contribution in [-0.2, 0) is 19.8 Å². The molecule has 0 aliphatic rings. The summed E-state index contributed by atoms with van der Waals surface area (Å²) < 4.78 is 40.5. The molecule has 0 amide bonds. The van der Waals surface area contributed by atoms with Gasteiger partial charge in [0.2, 0.25) is 0 Å². The zero-order valence-electron chi connectivity index (χ0n) is 11.0. The van der Waals surface area contributed by atoms with E-state index in [0.717, 1.165) is 16.8 Å². The van der Waals surface area contributed by atoms with E-state index in [1.165, 1.54) is 17.8 Å². The molecule has 20 heavy (non-hydrogen) atoms. The standard InChI is InChI=1S/C13H14F3N3S/c1-8-5-12(19(2)18-8)20-10-4-3-9(7-17)11(6-10)13(14,15)16/h3-6H,7,17H2,1-2H3. The molecule has 2 N–H and O–H groups in total. The van der Waals surface area contributed by atoms with Crippen LogP contribution in [0.3, 0.4) is 0 Å². The Morgan fingerprint density at radius 2 is 2.00 bits per heavy atom. The fourth-order valence-electron chi connectivity index (χ4n) is 1.86. The van der Waals surface area contributed by atoms with Crippen molar-refractivity contribution in [3.63, 3.8) is 0 Å². The van der Waals surface area contributed by atoms with Crippen LogP contribution in [0.5, 0.6) is 0 Å². The van der Waals surface area contributed by atoms with Gasteiger partial charge in [0, 0.05) is 18.5 Å². The van der Waals surface area contributed by atoms with E-state index >= 15 is 0 Å². The van der Waals surface area contributed by atoms with Crippen LogP contribution in [0.1, 0.15) is 16.8 Å². The molecule has 0 spiro atoms. The minimum atomic E-state index is -4.40. The smallest absolute Gasteiger partial charge is 0.326 e. The molecule has 0 unspecified atom stereocenters. The Bertz CT molecular complexity index is 620. The summed E-state index contributed by atoms with van der Waals surface area (Å²) >= 11 is 1.24. The van der Waals surface area contributed by atoms with Crippen LogP contribution in [0.4, 0.5) is 13.2 Å². The Morgan fingerprint density at radius 3 is 2.50 bits per heavy atom. The maximum Gasteiger partial charge on any atom is 0.416 e. The molecule has 3 nitrogen and oxygen atoms in total. The number of nitrogens with two attached hydrogens (primary N) is 1. The molecule has 0 radical (unpaired) electrons. The molecular formula is C13H14F3N3S. The number of alkyl halides is 3. The Hall–Kier alpha value is -1.47. The monoisotopic (exact) mass is 301 g/mol. The van der Waals surface area contributed by atoms with Gasteiger partial charge in [0.05, 0.1) is 16.3 Å². The molecule has 108 valence electrons. The maximum absolute atomic E-state index is 13.0. The van der Waals surface area contributed by atoms with E-state index in [1.807, 2.05) is 13.0 Å². The lowest BCUT2D eigenvalue weighted by atomic mass is 10.1. The van der Waals surface area contributed by atoms with Crippen molar-refractivity contribution >= 4 is 11.8 Å². The predicted molar refractivity (Wildman–Crippen MR) is 71.4 cm³/mol. The minimum absolute atomic E-state index is 0.100. The Labute approximate surface area is 119 Å². The summed E-state index contributed by atoms with van der Waals surface area (Å²) in [6, 6.07) is 6.03. The van der Waals surface area contributed by atoms with Gasteiger partial charge in [-0.05, 0) is 30.7 Å². The fraction of sp³-hybridized carbons (Fsp3) is 0.308. The van der Waals surface area contributed by atoms with Crippen molar-refractivity contribution in [2.75, 3.05) is 0 Å². The van der Waals surface area contributed by atoms with Crippen LogP contribution in [0, 0.1) is 6.92 Å². The van der Waals surface area contributed by atoms with Crippen LogP contribution in [0.15, 0.2) is 34.2 Å². The lowest BCUT2D eigenvalue weighted by molar-refractivity contribution is -0.138. The van der Waals surface area contributed by atoms with E-state index < -0.39 is 11.7 Å². The third-order valence-corrected chi connectivity index (χ3v) is 3.87. The van der Waals surface area contributed by atoms with E-state index in [1.54, 1.807) is 17.8 Å². The molecule has 0 bridgehead atoms. The molecule has 2 rings (SSSR count). The van der Waals surface area contributed by atoms with E-state index in [0.29, 0.717) is 4.90 Å². The first-order chi connectivity index (χ1) is 9.31. The summed E-state index contributed by atoms with van der Waals surface area (Å²) in [4.78, 5) is 0.512. The minimum Gasteiger partial charge on any atom is -0.326 e. The summed E-state index contributed by atoms with van der Waals surface area (Å²) in [5.74, 6) is 0. The highest BCUT2D eigenvalue weighted by atomic mass is 32.2. The summed E-state index contributed by atoms with van der Waals surface area (Å²) in [6.45, 7) is 1.70. The first-order valence-corrected chi connectivity index (χ1v) is 6.71.